The Hall–Kier alpha value is -2.51. The normalized spacial score (nSPS) is 20.3. The molecule has 0 spiro atoms. The maximum atomic E-state index is 11.0. The zero-order valence-corrected chi connectivity index (χ0v) is 15.1. The highest BCUT2D eigenvalue weighted by molar-refractivity contribution is 5.46. The van der Waals surface area contributed by atoms with Crippen LogP contribution in [-0.4, -0.2) is 52.2 Å². The van der Waals surface area contributed by atoms with Gasteiger partial charge in [0.25, 0.3) is 5.69 Å². The summed E-state index contributed by atoms with van der Waals surface area (Å²) in [6, 6.07) is 13.3. The molecule has 2 heterocycles. The molecule has 1 aliphatic rings. The van der Waals surface area contributed by atoms with Gasteiger partial charge in [-0.2, -0.15) is 0 Å². The van der Waals surface area contributed by atoms with Gasteiger partial charge in [0, 0.05) is 39.3 Å². The number of aromatic nitrogens is 1. The van der Waals surface area contributed by atoms with Crippen molar-refractivity contribution in [3.8, 4) is 0 Å². The Morgan fingerprint density at radius 1 is 1.31 bits per heavy atom. The van der Waals surface area contributed by atoms with Gasteiger partial charge in [-0.05, 0) is 25.0 Å². The minimum atomic E-state index is -0.819. The van der Waals surface area contributed by atoms with E-state index in [2.05, 4.69) is 22.0 Å². The van der Waals surface area contributed by atoms with Crippen LogP contribution in [0.25, 0.3) is 0 Å². The highest BCUT2D eigenvalue weighted by Gasteiger charge is 2.37. The average molecular weight is 356 g/mol. The van der Waals surface area contributed by atoms with Crippen molar-refractivity contribution in [1.82, 2.24) is 9.88 Å². The van der Waals surface area contributed by atoms with Gasteiger partial charge in [-0.25, -0.2) is 4.98 Å². The van der Waals surface area contributed by atoms with Gasteiger partial charge < -0.3 is 10.0 Å². The Balaban J connectivity index is 1.63. The van der Waals surface area contributed by atoms with Crippen molar-refractivity contribution < 1.29 is 10.0 Å². The van der Waals surface area contributed by atoms with E-state index in [-0.39, 0.29) is 5.69 Å². The topological polar surface area (TPSA) is 82.7 Å². The lowest BCUT2D eigenvalue weighted by Crippen LogP contribution is -2.44. The highest BCUT2D eigenvalue weighted by atomic mass is 16.6. The van der Waals surface area contributed by atoms with Gasteiger partial charge in [0.1, 0.15) is 11.5 Å². The lowest BCUT2D eigenvalue weighted by atomic mass is 10.0. The van der Waals surface area contributed by atoms with Crippen LogP contribution in [0.4, 0.5) is 11.5 Å². The van der Waals surface area contributed by atoms with Gasteiger partial charge in [-0.3, -0.25) is 15.0 Å². The Morgan fingerprint density at radius 3 is 2.69 bits per heavy atom. The second-order valence-corrected chi connectivity index (χ2v) is 7.06. The van der Waals surface area contributed by atoms with Crippen LogP contribution in [0, 0.1) is 17.0 Å². The van der Waals surface area contributed by atoms with Gasteiger partial charge in [0.2, 0.25) is 0 Å². The number of nitro groups is 1. The molecule has 0 radical (unpaired) electrons. The Labute approximate surface area is 153 Å². The molecule has 2 aromatic rings. The third kappa shape index (κ3) is 4.17. The first kappa shape index (κ1) is 18.3. The summed E-state index contributed by atoms with van der Waals surface area (Å²) in [7, 11) is 1.85. The fraction of sp³-hybridized carbons (Fsp3) is 0.421. The molecule has 0 amide bonds. The summed E-state index contributed by atoms with van der Waals surface area (Å²) in [5.41, 5.74) is 0.804. The van der Waals surface area contributed by atoms with Crippen molar-refractivity contribution >= 4 is 11.5 Å². The molecule has 1 saturated heterocycles. The molecule has 26 heavy (non-hydrogen) atoms. The van der Waals surface area contributed by atoms with Crippen LogP contribution in [0.5, 0.6) is 0 Å². The molecule has 1 atom stereocenters. The molecule has 0 saturated carbocycles. The number of nitrogens with zero attached hydrogens (tertiary/aromatic N) is 4. The number of β-amino-alcohol motifs (C(OH)–C–C–N with tert-alkyl or cyclic N) is 1. The molecule has 1 aromatic heterocycles. The van der Waals surface area contributed by atoms with E-state index in [4.69, 9.17) is 0 Å². The quantitative estimate of drug-likeness (QED) is 0.632. The predicted octanol–water partition coefficient (Wildman–Crippen LogP) is 2.37. The molecule has 1 fully saturated rings. The molecule has 3 rings (SSSR count). The summed E-state index contributed by atoms with van der Waals surface area (Å²) >= 11 is 0. The minimum Gasteiger partial charge on any atom is -0.387 e. The average Bonchev–Trinajstić information content (AvgIpc) is 2.95. The van der Waals surface area contributed by atoms with E-state index in [0.29, 0.717) is 31.0 Å². The number of aliphatic hydroxyl groups is 1. The number of hydrogen-bond acceptors (Lipinski definition) is 6. The molecule has 1 unspecified atom stereocenters. The molecule has 1 aromatic carbocycles. The third-order valence-electron chi connectivity index (χ3n) is 4.82. The number of hydrogen-bond donors (Lipinski definition) is 1. The summed E-state index contributed by atoms with van der Waals surface area (Å²) in [4.78, 5) is 18.9. The second kappa shape index (κ2) is 7.39. The monoisotopic (exact) mass is 356 g/mol. The SMILES string of the molecule is Cc1nc(N(C)CC2(O)CCN(Cc3ccccc3)C2)ccc1[N+](=O)[O-]. The maximum absolute atomic E-state index is 11.0. The van der Waals surface area contributed by atoms with Crippen LogP contribution in [0.3, 0.4) is 0 Å². The first-order valence-corrected chi connectivity index (χ1v) is 8.68. The molecule has 0 bridgehead atoms. The predicted molar refractivity (Wildman–Crippen MR) is 100 cm³/mol. The van der Waals surface area contributed by atoms with Crippen molar-refractivity contribution in [2.24, 2.45) is 0 Å². The van der Waals surface area contributed by atoms with Crippen molar-refractivity contribution in [3.63, 3.8) is 0 Å². The van der Waals surface area contributed by atoms with Gasteiger partial charge >= 0.3 is 0 Å². The van der Waals surface area contributed by atoms with Crippen molar-refractivity contribution in [3.05, 3.63) is 63.8 Å². The number of aryl methyl sites for hydroxylation is 1. The summed E-state index contributed by atoms with van der Waals surface area (Å²) in [6.45, 7) is 4.32. The van der Waals surface area contributed by atoms with E-state index in [1.165, 1.54) is 11.6 Å². The van der Waals surface area contributed by atoms with Gasteiger partial charge in [0.15, 0.2) is 0 Å². The van der Waals surface area contributed by atoms with Crippen LogP contribution in [-0.2, 0) is 6.54 Å². The first-order chi connectivity index (χ1) is 12.4. The molecule has 1 N–H and O–H groups in total. The Bertz CT molecular complexity index is 784. The number of rotatable bonds is 6. The van der Waals surface area contributed by atoms with E-state index in [1.807, 2.05) is 30.1 Å². The lowest BCUT2D eigenvalue weighted by Gasteiger charge is -2.30. The molecule has 0 aliphatic carbocycles. The zero-order chi connectivity index (χ0) is 18.7. The van der Waals surface area contributed by atoms with Gasteiger partial charge in [-0.15, -0.1) is 0 Å². The summed E-state index contributed by atoms with van der Waals surface area (Å²) in [6.07, 6.45) is 0.691. The highest BCUT2D eigenvalue weighted by Crippen LogP contribution is 2.26. The minimum absolute atomic E-state index is 0.00997. The summed E-state index contributed by atoms with van der Waals surface area (Å²) < 4.78 is 0. The number of anilines is 1. The van der Waals surface area contributed by atoms with Crippen molar-refractivity contribution in [2.75, 3.05) is 31.6 Å². The number of benzene rings is 1. The molecule has 7 heteroatoms. The fourth-order valence-corrected chi connectivity index (χ4v) is 3.51. The van der Waals surface area contributed by atoms with E-state index >= 15 is 0 Å². The van der Waals surface area contributed by atoms with Crippen LogP contribution in [0.15, 0.2) is 42.5 Å². The van der Waals surface area contributed by atoms with Crippen molar-refractivity contribution in [1.29, 1.82) is 0 Å². The Kier molecular flexibility index (Phi) is 5.20. The summed E-state index contributed by atoms with van der Waals surface area (Å²) in [5, 5.41) is 21.9. The molecule has 7 nitrogen and oxygen atoms in total. The fourth-order valence-electron chi connectivity index (χ4n) is 3.51. The lowest BCUT2D eigenvalue weighted by molar-refractivity contribution is -0.385. The largest absolute Gasteiger partial charge is 0.387 e. The molecular formula is C19H24N4O3. The third-order valence-corrected chi connectivity index (χ3v) is 4.82. The van der Waals surface area contributed by atoms with Crippen LogP contribution >= 0.6 is 0 Å². The number of pyridine rings is 1. The molecule has 138 valence electrons. The van der Waals surface area contributed by atoms with Crippen molar-refractivity contribution in [2.45, 2.75) is 25.5 Å². The van der Waals surface area contributed by atoms with Crippen LogP contribution in [0.2, 0.25) is 0 Å². The molecular weight excluding hydrogens is 332 g/mol. The van der Waals surface area contributed by atoms with Gasteiger partial charge in [0.05, 0.1) is 10.5 Å². The van der Waals surface area contributed by atoms with Crippen LogP contribution in [0.1, 0.15) is 17.7 Å². The Morgan fingerprint density at radius 2 is 2.04 bits per heavy atom. The van der Waals surface area contributed by atoms with E-state index < -0.39 is 10.5 Å². The smallest absolute Gasteiger partial charge is 0.290 e. The van der Waals surface area contributed by atoms with E-state index in [9.17, 15) is 15.2 Å². The number of likely N-dealkylation sites (N-methyl/N-ethyl adjacent to an activating group) is 1. The summed E-state index contributed by atoms with van der Waals surface area (Å²) in [5.74, 6) is 0.628. The van der Waals surface area contributed by atoms with Crippen LogP contribution < -0.4 is 4.90 Å². The maximum Gasteiger partial charge on any atom is 0.290 e. The van der Waals surface area contributed by atoms with E-state index in [1.54, 1.807) is 13.0 Å². The zero-order valence-electron chi connectivity index (χ0n) is 15.1. The molecule has 1 aliphatic heterocycles. The first-order valence-electron chi connectivity index (χ1n) is 8.68. The second-order valence-electron chi connectivity index (χ2n) is 7.06. The van der Waals surface area contributed by atoms with E-state index in [0.717, 1.165) is 13.1 Å². The standard InChI is InChI=1S/C19H24N4O3/c1-15-17(23(25)26)8-9-18(20-15)21(2)13-19(24)10-11-22(14-19)12-16-6-4-3-5-7-16/h3-9,24H,10-14H2,1-2H3. The number of likely N-dealkylation sites (tertiary alicyclic amines) is 1. The van der Waals surface area contributed by atoms with Gasteiger partial charge in [-0.1, -0.05) is 30.3 Å².